The number of hydrogen-bond donors (Lipinski definition) is 1. The van der Waals surface area contributed by atoms with Gasteiger partial charge in [0.1, 0.15) is 0 Å². The number of ether oxygens (including phenoxy) is 2. The van der Waals surface area contributed by atoms with Crippen molar-refractivity contribution in [2.45, 2.75) is 70.2 Å². The molecule has 18 heavy (non-hydrogen) atoms. The molecule has 4 unspecified atom stereocenters. The molecule has 0 radical (unpaired) electrons. The van der Waals surface area contributed by atoms with Crippen molar-refractivity contribution >= 4 is 0 Å². The van der Waals surface area contributed by atoms with Gasteiger partial charge in [-0.2, -0.15) is 0 Å². The second-order valence-electron chi connectivity index (χ2n) is 6.49. The van der Waals surface area contributed by atoms with Crippen molar-refractivity contribution < 1.29 is 14.6 Å². The Morgan fingerprint density at radius 1 is 1.39 bits per heavy atom. The van der Waals surface area contributed by atoms with E-state index in [1.54, 1.807) is 7.11 Å². The van der Waals surface area contributed by atoms with Gasteiger partial charge in [0, 0.05) is 13.0 Å². The van der Waals surface area contributed by atoms with Gasteiger partial charge in [0.25, 0.3) is 0 Å². The lowest BCUT2D eigenvalue weighted by Crippen LogP contribution is -2.42. The van der Waals surface area contributed by atoms with Gasteiger partial charge in [-0.05, 0) is 44.4 Å². The monoisotopic (exact) mass is 256 g/mol. The van der Waals surface area contributed by atoms with Crippen molar-refractivity contribution in [3.63, 3.8) is 0 Å². The van der Waals surface area contributed by atoms with Crippen LogP contribution in [-0.2, 0) is 9.47 Å². The highest BCUT2D eigenvalue weighted by atomic mass is 16.6. The number of rotatable bonds is 6. The van der Waals surface area contributed by atoms with Crippen LogP contribution >= 0.6 is 0 Å². The Morgan fingerprint density at radius 2 is 2.11 bits per heavy atom. The number of aliphatic hydroxyl groups is 1. The van der Waals surface area contributed by atoms with Gasteiger partial charge >= 0.3 is 0 Å². The standard InChI is InChI=1S/C15H28O3/c1-11(2)6-7-12(16)9-13-14(17-3)5-4-8-15(13)10-18-15/h11-14,16H,4-10H2,1-3H3. The van der Waals surface area contributed by atoms with E-state index >= 15 is 0 Å². The minimum Gasteiger partial charge on any atom is -0.393 e. The first-order chi connectivity index (χ1) is 8.57. The zero-order valence-electron chi connectivity index (χ0n) is 12.0. The van der Waals surface area contributed by atoms with E-state index in [-0.39, 0.29) is 17.8 Å². The fourth-order valence-electron chi connectivity index (χ4n) is 3.36. The normalized spacial score (nSPS) is 37.2. The van der Waals surface area contributed by atoms with E-state index < -0.39 is 0 Å². The van der Waals surface area contributed by atoms with Crippen LogP contribution < -0.4 is 0 Å². The fraction of sp³-hybridized carbons (Fsp3) is 1.00. The number of hydrogen-bond acceptors (Lipinski definition) is 3. The average molecular weight is 256 g/mol. The van der Waals surface area contributed by atoms with Gasteiger partial charge < -0.3 is 14.6 Å². The lowest BCUT2D eigenvalue weighted by atomic mass is 9.74. The summed E-state index contributed by atoms with van der Waals surface area (Å²) in [6.45, 7) is 5.28. The van der Waals surface area contributed by atoms with Crippen molar-refractivity contribution in [2.75, 3.05) is 13.7 Å². The summed E-state index contributed by atoms with van der Waals surface area (Å²) in [5.74, 6) is 1.05. The predicted molar refractivity (Wildman–Crippen MR) is 71.5 cm³/mol. The van der Waals surface area contributed by atoms with E-state index in [2.05, 4.69) is 13.8 Å². The van der Waals surface area contributed by atoms with Gasteiger partial charge in [-0.15, -0.1) is 0 Å². The summed E-state index contributed by atoms with van der Waals surface area (Å²) < 4.78 is 11.3. The molecule has 0 aromatic carbocycles. The summed E-state index contributed by atoms with van der Waals surface area (Å²) in [6.07, 6.45) is 6.36. The Balaban J connectivity index is 1.88. The summed E-state index contributed by atoms with van der Waals surface area (Å²) >= 11 is 0. The van der Waals surface area contributed by atoms with Gasteiger partial charge in [0.2, 0.25) is 0 Å². The highest BCUT2D eigenvalue weighted by molar-refractivity contribution is 5.04. The largest absolute Gasteiger partial charge is 0.393 e. The van der Waals surface area contributed by atoms with Crippen LogP contribution in [0.5, 0.6) is 0 Å². The van der Waals surface area contributed by atoms with E-state index in [1.165, 1.54) is 6.42 Å². The van der Waals surface area contributed by atoms with Crippen molar-refractivity contribution in [3.05, 3.63) is 0 Å². The molecule has 4 atom stereocenters. The fourth-order valence-corrected chi connectivity index (χ4v) is 3.36. The molecule has 1 spiro atoms. The van der Waals surface area contributed by atoms with Crippen LogP contribution in [0.25, 0.3) is 0 Å². The van der Waals surface area contributed by atoms with Gasteiger partial charge in [0.05, 0.1) is 24.4 Å². The van der Waals surface area contributed by atoms with E-state index in [0.717, 1.165) is 38.7 Å². The van der Waals surface area contributed by atoms with Gasteiger partial charge in [-0.25, -0.2) is 0 Å². The molecule has 3 heteroatoms. The molecule has 3 nitrogen and oxygen atoms in total. The van der Waals surface area contributed by atoms with E-state index in [4.69, 9.17) is 9.47 Å². The van der Waals surface area contributed by atoms with Crippen LogP contribution in [-0.4, -0.2) is 36.6 Å². The lowest BCUT2D eigenvalue weighted by molar-refractivity contribution is -0.0393. The second-order valence-corrected chi connectivity index (χ2v) is 6.49. The Kier molecular flexibility index (Phi) is 4.68. The molecule has 2 fully saturated rings. The third-order valence-electron chi connectivity index (χ3n) is 4.63. The topological polar surface area (TPSA) is 42.0 Å². The minimum absolute atomic E-state index is 0.0533. The zero-order valence-corrected chi connectivity index (χ0v) is 12.0. The van der Waals surface area contributed by atoms with Gasteiger partial charge in [0.15, 0.2) is 0 Å². The molecule has 0 aromatic rings. The van der Waals surface area contributed by atoms with Crippen LogP contribution in [0.1, 0.15) is 52.4 Å². The van der Waals surface area contributed by atoms with Crippen molar-refractivity contribution in [1.82, 2.24) is 0 Å². The van der Waals surface area contributed by atoms with Crippen LogP contribution in [0.15, 0.2) is 0 Å². The van der Waals surface area contributed by atoms with Gasteiger partial charge in [-0.1, -0.05) is 13.8 Å². The third-order valence-corrected chi connectivity index (χ3v) is 4.63. The molecule has 106 valence electrons. The van der Waals surface area contributed by atoms with Crippen LogP contribution in [0.2, 0.25) is 0 Å². The summed E-state index contributed by atoms with van der Waals surface area (Å²) in [7, 11) is 1.79. The molecule has 1 aliphatic heterocycles. The van der Waals surface area contributed by atoms with Crippen molar-refractivity contribution in [3.8, 4) is 0 Å². The molecule has 1 N–H and O–H groups in total. The quantitative estimate of drug-likeness (QED) is 0.743. The van der Waals surface area contributed by atoms with Gasteiger partial charge in [-0.3, -0.25) is 0 Å². The highest BCUT2D eigenvalue weighted by Gasteiger charge is 2.56. The Bertz CT molecular complexity index is 260. The second kappa shape index (κ2) is 5.89. The Hall–Kier alpha value is -0.120. The summed E-state index contributed by atoms with van der Waals surface area (Å²) in [5.41, 5.74) is 0.0533. The van der Waals surface area contributed by atoms with E-state index in [1.807, 2.05) is 0 Å². The maximum Gasteiger partial charge on any atom is 0.0970 e. The van der Waals surface area contributed by atoms with E-state index in [0.29, 0.717) is 11.8 Å². The first-order valence-electron chi connectivity index (χ1n) is 7.42. The molecule has 0 aromatic heterocycles. The van der Waals surface area contributed by atoms with E-state index in [9.17, 15) is 5.11 Å². The molecule has 2 aliphatic rings. The zero-order chi connectivity index (χ0) is 13.2. The number of methoxy groups -OCH3 is 1. The predicted octanol–water partition coefficient (Wildman–Crippen LogP) is 2.76. The molecule has 1 aliphatic carbocycles. The number of aliphatic hydroxyl groups excluding tert-OH is 1. The van der Waals surface area contributed by atoms with Crippen LogP contribution in [0.3, 0.4) is 0 Å². The van der Waals surface area contributed by atoms with Crippen LogP contribution in [0.4, 0.5) is 0 Å². The summed E-state index contributed by atoms with van der Waals surface area (Å²) in [6, 6.07) is 0. The number of epoxide rings is 1. The SMILES string of the molecule is COC1CCCC2(CO2)C1CC(O)CCC(C)C. The maximum atomic E-state index is 10.2. The maximum absolute atomic E-state index is 10.2. The molecule has 1 saturated carbocycles. The average Bonchev–Trinajstić information content (AvgIpc) is 3.10. The molecule has 0 bridgehead atoms. The molecular weight excluding hydrogens is 228 g/mol. The summed E-state index contributed by atoms with van der Waals surface area (Å²) in [5, 5.41) is 10.2. The first-order valence-corrected chi connectivity index (χ1v) is 7.42. The van der Waals surface area contributed by atoms with Crippen molar-refractivity contribution in [2.24, 2.45) is 11.8 Å². The highest BCUT2D eigenvalue weighted by Crippen LogP contribution is 2.49. The third kappa shape index (κ3) is 3.25. The molecule has 1 saturated heterocycles. The molecule has 2 rings (SSSR count). The minimum atomic E-state index is -0.200. The molecule has 0 amide bonds. The Morgan fingerprint density at radius 3 is 2.67 bits per heavy atom. The lowest BCUT2D eigenvalue weighted by Gasteiger charge is -2.36. The smallest absolute Gasteiger partial charge is 0.0970 e. The first kappa shape index (κ1) is 14.3. The molecular formula is C15H28O3. The molecule has 1 heterocycles. The summed E-state index contributed by atoms with van der Waals surface area (Å²) in [4.78, 5) is 0. The van der Waals surface area contributed by atoms with Crippen molar-refractivity contribution in [1.29, 1.82) is 0 Å². The Labute approximate surface area is 111 Å². The van der Waals surface area contributed by atoms with Crippen LogP contribution in [0, 0.1) is 11.8 Å².